The molecule has 25 heavy (non-hydrogen) atoms. The van der Waals surface area contributed by atoms with Crippen molar-refractivity contribution < 1.29 is 16.9 Å². The third kappa shape index (κ3) is 17.4. The van der Waals surface area contributed by atoms with Gasteiger partial charge >= 0.3 is 0 Å². The molecule has 0 radical (unpaired) electrons. The summed E-state index contributed by atoms with van der Waals surface area (Å²) in [5.41, 5.74) is 0. The number of halogens is 1. The summed E-state index contributed by atoms with van der Waals surface area (Å²) in [5, 5.41) is 0. The third-order valence-corrected chi connectivity index (χ3v) is 6.01. The van der Waals surface area contributed by atoms with Crippen molar-refractivity contribution in [1.82, 2.24) is 0 Å². The van der Waals surface area contributed by atoms with E-state index in [-0.39, 0.29) is 12.4 Å². The first-order valence-corrected chi connectivity index (χ1v) is 11.4. The van der Waals surface area contributed by atoms with E-state index >= 15 is 0 Å². The standard InChI is InChI=1S/C23H50N.ClH/c1-6-8-10-12-14-16-18-20-22-24(4,5)23(3)21-19-17-15-13-11-9-7-2;/h23H,6-22H2,1-5H3;1H/q+1;/p-1. The minimum absolute atomic E-state index is 0. The first-order valence-electron chi connectivity index (χ1n) is 11.4. The SMILES string of the molecule is CCCCCCCCCC[N+](C)(C)C(C)CCCCCCCCC.[Cl-]. The van der Waals surface area contributed by atoms with Gasteiger partial charge in [0.2, 0.25) is 0 Å². The minimum Gasteiger partial charge on any atom is -1.00 e. The number of nitrogens with zero attached hydrogens (tertiary/aromatic N) is 1. The summed E-state index contributed by atoms with van der Waals surface area (Å²) in [5.74, 6) is 0. The first-order chi connectivity index (χ1) is 11.5. The topological polar surface area (TPSA) is 0 Å². The second-order valence-corrected chi connectivity index (χ2v) is 8.74. The molecule has 0 aliphatic heterocycles. The summed E-state index contributed by atoms with van der Waals surface area (Å²) in [6.07, 6.45) is 22.9. The summed E-state index contributed by atoms with van der Waals surface area (Å²) < 4.78 is 1.23. The van der Waals surface area contributed by atoms with Crippen LogP contribution in [0, 0.1) is 0 Å². The van der Waals surface area contributed by atoms with Gasteiger partial charge in [-0.3, -0.25) is 0 Å². The molecule has 0 aromatic rings. The summed E-state index contributed by atoms with van der Waals surface area (Å²) in [4.78, 5) is 0. The molecular weight excluding hydrogens is 326 g/mol. The zero-order valence-corrected chi connectivity index (χ0v) is 19.2. The van der Waals surface area contributed by atoms with E-state index in [9.17, 15) is 0 Å². The Balaban J connectivity index is 0. The number of hydrogen-bond acceptors (Lipinski definition) is 0. The van der Waals surface area contributed by atoms with E-state index in [1.54, 1.807) is 0 Å². The fourth-order valence-electron chi connectivity index (χ4n) is 3.62. The largest absolute Gasteiger partial charge is 1.00 e. The van der Waals surface area contributed by atoms with Crippen molar-refractivity contribution in [2.45, 2.75) is 130 Å². The van der Waals surface area contributed by atoms with Gasteiger partial charge < -0.3 is 16.9 Å². The van der Waals surface area contributed by atoms with Crippen LogP contribution in [0.2, 0.25) is 0 Å². The summed E-state index contributed by atoms with van der Waals surface area (Å²) in [6.45, 7) is 8.44. The fraction of sp³-hybridized carbons (Fsp3) is 1.00. The van der Waals surface area contributed by atoms with Gasteiger partial charge in [0.15, 0.2) is 0 Å². The van der Waals surface area contributed by atoms with E-state index < -0.39 is 0 Å². The summed E-state index contributed by atoms with van der Waals surface area (Å²) >= 11 is 0. The Morgan fingerprint density at radius 1 is 0.560 bits per heavy atom. The molecule has 0 fully saturated rings. The summed E-state index contributed by atoms with van der Waals surface area (Å²) in [7, 11) is 4.90. The zero-order chi connectivity index (χ0) is 18.1. The molecule has 1 unspecified atom stereocenters. The normalized spacial score (nSPS) is 12.8. The Bertz CT molecular complexity index is 252. The first kappa shape index (κ1) is 27.5. The van der Waals surface area contributed by atoms with Crippen molar-refractivity contribution >= 4 is 0 Å². The molecule has 0 aliphatic carbocycles. The lowest BCUT2D eigenvalue weighted by atomic mass is 10.0. The number of unbranched alkanes of at least 4 members (excludes halogenated alkanes) is 13. The highest BCUT2D eigenvalue weighted by Crippen LogP contribution is 2.18. The van der Waals surface area contributed by atoms with Gasteiger partial charge in [-0.1, -0.05) is 90.9 Å². The van der Waals surface area contributed by atoms with E-state index in [4.69, 9.17) is 0 Å². The van der Waals surface area contributed by atoms with Crippen molar-refractivity contribution in [1.29, 1.82) is 0 Å². The van der Waals surface area contributed by atoms with Crippen LogP contribution in [-0.2, 0) is 0 Å². The van der Waals surface area contributed by atoms with Crippen LogP contribution in [0.15, 0.2) is 0 Å². The van der Waals surface area contributed by atoms with Gasteiger partial charge in [-0.25, -0.2) is 0 Å². The average molecular weight is 376 g/mol. The smallest absolute Gasteiger partial charge is 0.0857 e. The zero-order valence-electron chi connectivity index (χ0n) is 18.4. The lowest BCUT2D eigenvalue weighted by molar-refractivity contribution is -0.913. The van der Waals surface area contributed by atoms with Crippen LogP contribution in [0.5, 0.6) is 0 Å². The summed E-state index contributed by atoms with van der Waals surface area (Å²) in [6, 6.07) is 0.824. The molecule has 0 spiro atoms. The Hall–Kier alpha value is 0.250. The maximum atomic E-state index is 2.47. The monoisotopic (exact) mass is 375 g/mol. The number of quaternary nitrogens is 1. The lowest BCUT2D eigenvalue weighted by Crippen LogP contribution is -3.00. The molecule has 0 aromatic carbocycles. The Morgan fingerprint density at radius 2 is 0.920 bits per heavy atom. The Kier molecular flexibility index (Phi) is 20.9. The van der Waals surface area contributed by atoms with Crippen LogP contribution in [0.4, 0.5) is 0 Å². The molecule has 0 heterocycles. The van der Waals surface area contributed by atoms with Gasteiger partial charge in [0.25, 0.3) is 0 Å². The van der Waals surface area contributed by atoms with Crippen molar-refractivity contribution in [3.63, 3.8) is 0 Å². The predicted molar refractivity (Wildman–Crippen MR) is 112 cm³/mol. The van der Waals surface area contributed by atoms with Crippen molar-refractivity contribution in [2.24, 2.45) is 0 Å². The van der Waals surface area contributed by atoms with Gasteiger partial charge in [-0.15, -0.1) is 0 Å². The highest BCUT2D eigenvalue weighted by Gasteiger charge is 2.22. The van der Waals surface area contributed by atoms with E-state index in [0.717, 1.165) is 6.04 Å². The molecule has 0 N–H and O–H groups in total. The Labute approximate surface area is 167 Å². The molecule has 1 atom stereocenters. The minimum atomic E-state index is 0. The third-order valence-electron chi connectivity index (χ3n) is 6.01. The van der Waals surface area contributed by atoms with Crippen molar-refractivity contribution in [2.75, 3.05) is 20.6 Å². The number of rotatable bonds is 18. The maximum Gasteiger partial charge on any atom is 0.0857 e. The van der Waals surface area contributed by atoms with Crippen LogP contribution < -0.4 is 12.4 Å². The predicted octanol–water partition coefficient (Wildman–Crippen LogP) is 4.74. The molecule has 154 valence electrons. The van der Waals surface area contributed by atoms with Gasteiger partial charge in [0.1, 0.15) is 0 Å². The highest BCUT2D eigenvalue weighted by molar-refractivity contribution is 4.55. The van der Waals surface area contributed by atoms with Crippen LogP contribution in [0.1, 0.15) is 124 Å². The molecule has 0 aromatic heterocycles. The molecule has 0 rings (SSSR count). The van der Waals surface area contributed by atoms with Crippen LogP contribution in [-0.4, -0.2) is 31.2 Å². The highest BCUT2D eigenvalue weighted by atomic mass is 35.5. The average Bonchev–Trinajstić information content (AvgIpc) is 2.56. The lowest BCUT2D eigenvalue weighted by Gasteiger charge is -2.36. The van der Waals surface area contributed by atoms with Crippen LogP contribution >= 0.6 is 0 Å². The number of hydrogen-bond donors (Lipinski definition) is 0. The van der Waals surface area contributed by atoms with E-state index in [1.165, 1.54) is 114 Å². The van der Waals surface area contributed by atoms with Crippen LogP contribution in [0.3, 0.4) is 0 Å². The van der Waals surface area contributed by atoms with Gasteiger partial charge in [-0.05, 0) is 32.6 Å². The van der Waals surface area contributed by atoms with Crippen molar-refractivity contribution in [3.05, 3.63) is 0 Å². The second-order valence-electron chi connectivity index (χ2n) is 8.74. The quantitative estimate of drug-likeness (QED) is 0.240. The molecule has 0 aliphatic rings. The second kappa shape index (κ2) is 19.0. The van der Waals surface area contributed by atoms with Gasteiger partial charge in [-0.2, -0.15) is 0 Å². The Morgan fingerprint density at radius 3 is 1.36 bits per heavy atom. The van der Waals surface area contributed by atoms with Gasteiger partial charge in [0, 0.05) is 0 Å². The molecule has 1 nitrogen and oxygen atoms in total. The molecular formula is C23H50ClN. The van der Waals surface area contributed by atoms with E-state index in [0.29, 0.717) is 0 Å². The van der Waals surface area contributed by atoms with E-state index in [1.807, 2.05) is 0 Å². The van der Waals surface area contributed by atoms with Gasteiger partial charge in [0.05, 0.1) is 26.7 Å². The fourth-order valence-corrected chi connectivity index (χ4v) is 3.62. The molecule has 2 heteroatoms. The molecule has 0 saturated heterocycles. The van der Waals surface area contributed by atoms with Crippen molar-refractivity contribution in [3.8, 4) is 0 Å². The van der Waals surface area contributed by atoms with Crippen LogP contribution in [0.25, 0.3) is 0 Å². The van der Waals surface area contributed by atoms with E-state index in [2.05, 4.69) is 34.9 Å². The molecule has 0 amide bonds. The molecule has 0 bridgehead atoms. The maximum absolute atomic E-state index is 2.47. The molecule has 0 saturated carbocycles.